The Hall–Kier alpha value is -1.94. The van der Waals surface area contributed by atoms with E-state index in [1.807, 2.05) is 12.1 Å². The summed E-state index contributed by atoms with van der Waals surface area (Å²) in [5.41, 5.74) is 0.930. The van der Waals surface area contributed by atoms with E-state index in [1.165, 1.54) is 6.07 Å². The molecule has 0 bridgehead atoms. The van der Waals surface area contributed by atoms with Gasteiger partial charge < -0.3 is 19.9 Å². The van der Waals surface area contributed by atoms with Crippen LogP contribution >= 0.6 is 0 Å². The lowest BCUT2D eigenvalue weighted by molar-refractivity contribution is 0.403. The number of phenols is 2. The molecule has 17 heavy (non-hydrogen) atoms. The van der Waals surface area contributed by atoms with Crippen LogP contribution in [0.4, 0.5) is 0 Å². The van der Waals surface area contributed by atoms with Crippen LogP contribution in [0.25, 0.3) is 0 Å². The molecule has 1 aromatic heterocycles. The van der Waals surface area contributed by atoms with Gasteiger partial charge in [-0.15, -0.1) is 0 Å². The van der Waals surface area contributed by atoms with Gasteiger partial charge in [-0.1, -0.05) is 6.07 Å². The van der Waals surface area contributed by atoms with Gasteiger partial charge in [-0.05, 0) is 29.8 Å². The van der Waals surface area contributed by atoms with Crippen LogP contribution in [0.1, 0.15) is 11.3 Å². The molecule has 0 atom stereocenters. The molecule has 0 amide bonds. The van der Waals surface area contributed by atoms with E-state index in [9.17, 15) is 5.11 Å². The van der Waals surface area contributed by atoms with Crippen LogP contribution in [-0.4, -0.2) is 16.8 Å². The third-order valence-corrected chi connectivity index (χ3v) is 2.50. The van der Waals surface area contributed by atoms with E-state index in [4.69, 9.17) is 9.52 Å². The smallest absolute Gasteiger partial charge is 0.157 e. The fourth-order valence-electron chi connectivity index (χ4n) is 1.58. The van der Waals surface area contributed by atoms with Gasteiger partial charge in [0.05, 0.1) is 6.26 Å². The van der Waals surface area contributed by atoms with Crippen LogP contribution in [0.2, 0.25) is 0 Å². The molecule has 2 rings (SSSR count). The Morgan fingerprint density at radius 1 is 1.12 bits per heavy atom. The van der Waals surface area contributed by atoms with E-state index in [2.05, 4.69) is 5.32 Å². The summed E-state index contributed by atoms with van der Waals surface area (Å²) in [7, 11) is 0. The van der Waals surface area contributed by atoms with Crippen LogP contribution in [0.3, 0.4) is 0 Å². The lowest BCUT2D eigenvalue weighted by Gasteiger charge is -2.05. The van der Waals surface area contributed by atoms with Crippen LogP contribution in [0.5, 0.6) is 11.5 Å². The maximum atomic E-state index is 9.31. The highest BCUT2D eigenvalue weighted by molar-refractivity contribution is 5.40. The number of aromatic hydroxyl groups is 2. The summed E-state index contributed by atoms with van der Waals surface area (Å²) in [6.45, 7) is 1.45. The van der Waals surface area contributed by atoms with Crippen molar-refractivity contribution in [1.29, 1.82) is 0 Å². The molecule has 0 spiro atoms. The highest BCUT2D eigenvalue weighted by atomic mass is 16.3. The molecule has 0 fully saturated rings. The van der Waals surface area contributed by atoms with Crippen LogP contribution in [-0.2, 0) is 13.0 Å². The number of hydrogen-bond acceptors (Lipinski definition) is 4. The quantitative estimate of drug-likeness (QED) is 0.546. The van der Waals surface area contributed by atoms with E-state index in [1.54, 1.807) is 18.4 Å². The van der Waals surface area contributed by atoms with E-state index in [0.717, 1.165) is 24.3 Å². The summed E-state index contributed by atoms with van der Waals surface area (Å²) in [4.78, 5) is 0. The molecular formula is C13H15NO3. The molecule has 0 radical (unpaired) electrons. The second kappa shape index (κ2) is 5.41. The first kappa shape index (κ1) is 11.5. The molecular weight excluding hydrogens is 218 g/mol. The predicted molar refractivity (Wildman–Crippen MR) is 63.9 cm³/mol. The van der Waals surface area contributed by atoms with E-state index in [0.29, 0.717) is 6.54 Å². The first-order valence-corrected chi connectivity index (χ1v) is 5.49. The highest BCUT2D eigenvalue weighted by Gasteiger charge is 2.00. The number of furan rings is 1. The lowest BCUT2D eigenvalue weighted by atomic mass is 10.2. The number of rotatable bonds is 5. The number of nitrogens with one attached hydrogen (secondary N) is 1. The van der Waals surface area contributed by atoms with Crippen LogP contribution in [0, 0.1) is 0 Å². The van der Waals surface area contributed by atoms with Crippen molar-refractivity contribution in [2.24, 2.45) is 0 Å². The Bertz CT molecular complexity index is 466. The zero-order valence-electron chi connectivity index (χ0n) is 9.39. The summed E-state index contributed by atoms with van der Waals surface area (Å²) in [5, 5.41) is 21.7. The molecule has 0 saturated carbocycles. The third-order valence-electron chi connectivity index (χ3n) is 2.50. The maximum absolute atomic E-state index is 9.31. The molecule has 1 aromatic carbocycles. The van der Waals surface area contributed by atoms with Gasteiger partial charge >= 0.3 is 0 Å². The summed E-state index contributed by atoms with van der Waals surface area (Å²) >= 11 is 0. The fraction of sp³-hybridized carbons (Fsp3) is 0.231. The standard InChI is InChI=1S/C13H15NO3/c15-12-4-3-10(8-13(12)16)9-14-6-5-11-2-1-7-17-11/h1-4,7-8,14-16H,5-6,9H2. The molecule has 0 aliphatic heterocycles. The zero-order valence-corrected chi connectivity index (χ0v) is 9.39. The Balaban J connectivity index is 1.76. The molecule has 4 heteroatoms. The van der Waals surface area contributed by atoms with Crippen LogP contribution < -0.4 is 5.32 Å². The van der Waals surface area contributed by atoms with Gasteiger partial charge in [-0.25, -0.2) is 0 Å². The number of hydrogen-bond donors (Lipinski definition) is 3. The first-order valence-electron chi connectivity index (χ1n) is 5.49. The fourth-order valence-corrected chi connectivity index (χ4v) is 1.58. The molecule has 0 saturated heterocycles. The molecule has 4 nitrogen and oxygen atoms in total. The molecule has 3 N–H and O–H groups in total. The summed E-state index contributed by atoms with van der Waals surface area (Å²) < 4.78 is 5.21. The van der Waals surface area contributed by atoms with Gasteiger partial charge in [0.1, 0.15) is 5.76 Å². The second-order valence-corrected chi connectivity index (χ2v) is 3.83. The SMILES string of the molecule is Oc1ccc(CNCCc2ccco2)cc1O. The predicted octanol–water partition coefficient (Wildman–Crippen LogP) is 2.02. The average molecular weight is 233 g/mol. The molecule has 90 valence electrons. The van der Waals surface area contributed by atoms with Crippen molar-refractivity contribution < 1.29 is 14.6 Å². The maximum Gasteiger partial charge on any atom is 0.157 e. The Kier molecular flexibility index (Phi) is 3.67. The topological polar surface area (TPSA) is 65.6 Å². The molecule has 1 heterocycles. The van der Waals surface area contributed by atoms with Gasteiger partial charge in [0.2, 0.25) is 0 Å². The second-order valence-electron chi connectivity index (χ2n) is 3.83. The highest BCUT2D eigenvalue weighted by Crippen LogP contribution is 2.24. The van der Waals surface area contributed by atoms with Crippen molar-refractivity contribution in [1.82, 2.24) is 5.32 Å². The van der Waals surface area contributed by atoms with Gasteiger partial charge in [0.15, 0.2) is 11.5 Å². The minimum absolute atomic E-state index is 0.0877. The minimum Gasteiger partial charge on any atom is -0.504 e. The first-order chi connectivity index (χ1) is 8.25. The van der Waals surface area contributed by atoms with Gasteiger partial charge in [0.25, 0.3) is 0 Å². The Labute approximate surface area is 99.5 Å². The minimum atomic E-state index is -0.0932. The number of phenolic OH excluding ortho intramolecular Hbond substituents is 2. The summed E-state index contributed by atoms with van der Waals surface area (Å²) in [6.07, 6.45) is 2.49. The van der Waals surface area contributed by atoms with Crippen molar-refractivity contribution in [2.45, 2.75) is 13.0 Å². The van der Waals surface area contributed by atoms with Gasteiger partial charge in [0, 0.05) is 19.5 Å². The molecule has 0 unspecified atom stereocenters. The molecule has 0 aliphatic rings. The Morgan fingerprint density at radius 3 is 2.71 bits per heavy atom. The van der Waals surface area contributed by atoms with Crippen molar-refractivity contribution in [3.63, 3.8) is 0 Å². The lowest BCUT2D eigenvalue weighted by Crippen LogP contribution is -2.16. The van der Waals surface area contributed by atoms with Crippen LogP contribution in [0.15, 0.2) is 41.0 Å². The van der Waals surface area contributed by atoms with E-state index < -0.39 is 0 Å². The largest absolute Gasteiger partial charge is 0.504 e. The van der Waals surface area contributed by atoms with Crippen molar-refractivity contribution >= 4 is 0 Å². The zero-order chi connectivity index (χ0) is 12.1. The number of benzene rings is 1. The third kappa shape index (κ3) is 3.26. The van der Waals surface area contributed by atoms with Gasteiger partial charge in [-0.3, -0.25) is 0 Å². The van der Waals surface area contributed by atoms with Crippen molar-refractivity contribution in [2.75, 3.05) is 6.54 Å². The van der Waals surface area contributed by atoms with Crippen molar-refractivity contribution in [3.8, 4) is 11.5 Å². The molecule has 0 aliphatic carbocycles. The van der Waals surface area contributed by atoms with Crippen molar-refractivity contribution in [3.05, 3.63) is 47.9 Å². The normalized spacial score (nSPS) is 10.6. The molecule has 2 aromatic rings. The van der Waals surface area contributed by atoms with E-state index >= 15 is 0 Å². The monoisotopic (exact) mass is 233 g/mol. The van der Waals surface area contributed by atoms with E-state index in [-0.39, 0.29) is 11.5 Å². The van der Waals surface area contributed by atoms with Gasteiger partial charge in [-0.2, -0.15) is 0 Å². The summed E-state index contributed by atoms with van der Waals surface area (Å²) in [5.74, 6) is 0.769. The summed E-state index contributed by atoms with van der Waals surface area (Å²) in [6, 6.07) is 8.62. The average Bonchev–Trinajstić information content (AvgIpc) is 2.82. The Morgan fingerprint density at radius 2 is 2.00 bits per heavy atom.